The van der Waals surface area contributed by atoms with E-state index in [1.165, 1.54) is 24.3 Å². The second-order valence-corrected chi connectivity index (χ2v) is 6.85. The van der Waals surface area contributed by atoms with Crippen LogP contribution < -0.4 is 4.74 Å². The molecule has 0 aromatic heterocycles. The number of phenolic OH excluding ortho intramolecular Hbond substituents is 1. The summed E-state index contributed by atoms with van der Waals surface area (Å²) in [7, 11) is 0. The van der Waals surface area contributed by atoms with Gasteiger partial charge in [-0.2, -0.15) is 0 Å². The Labute approximate surface area is 176 Å². The second-order valence-electron chi connectivity index (χ2n) is 5.98. The first-order valence-electron chi connectivity index (χ1n) is 8.35. The summed E-state index contributed by atoms with van der Waals surface area (Å²) in [6.45, 7) is 0. The smallest absolute Gasteiger partial charge is 0.343 e. The van der Waals surface area contributed by atoms with E-state index in [0.29, 0.717) is 15.6 Å². The molecule has 3 aromatic carbocycles. The van der Waals surface area contributed by atoms with Crippen molar-refractivity contribution in [3.05, 3.63) is 99.5 Å². The highest BCUT2D eigenvalue weighted by molar-refractivity contribution is 6.30. The molecule has 0 atom stereocenters. The number of benzene rings is 3. The number of halogens is 2. The van der Waals surface area contributed by atoms with Gasteiger partial charge in [-0.25, -0.2) is 4.79 Å². The molecule has 5 nitrogen and oxygen atoms in total. The van der Waals surface area contributed by atoms with E-state index in [1.54, 1.807) is 36.4 Å². The Morgan fingerprint density at radius 1 is 0.828 bits per heavy atom. The summed E-state index contributed by atoms with van der Waals surface area (Å²) in [6, 6.07) is 16.2. The predicted molar refractivity (Wildman–Crippen MR) is 111 cm³/mol. The van der Waals surface area contributed by atoms with Crippen LogP contribution in [0.1, 0.15) is 26.3 Å². The first-order valence-corrected chi connectivity index (χ1v) is 9.11. The summed E-state index contributed by atoms with van der Waals surface area (Å²) in [5.74, 6) is -1.86. The van der Waals surface area contributed by atoms with Crippen molar-refractivity contribution >= 4 is 40.7 Å². The predicted octanol–water partition coefficient (Wildman–Crippen LogP) is 5.70. The van der Waals surface area contributed by atoms with Crippen molar-refractivity contribution in [1.29, 1.82) is 0 Å². The molecule has 0 spiro atoms. The second kappa shape index (κ2) is 8.82. The maximum absolute atomic E-state index is 12.4. The van der Waals surface area contributed by atoms with Gasteiger partial charge in [-0.3, -0.25) is 4.79 Å². The number of esters is 1. The molecule has 0 aliphatic heterocycles. The summed E-state index contributed by atoms with van der Waals surface area (Å²) in [6.07, 6.45) is 0.984. The number of rotatable bonds is 5. The molecule has 0 amide bonds. The molecule has 0 radical (unpaired) electrons. The molecular formula is C22H14Cl2O5. The first kappa shape index (κ1) is 20.5. The van der Waals surface area contributed by atoms with E-state index in [2.05, 4.69) is 0 Å². The van der Waals surface area contributed by atoms with Gasteiger partial charge in [0.05, 0.1) is 11.1 Å². The van der Waals surface area contributed by atoms with Gasteiger partial charge in [-0.05, 0) is 60.7 Å². The number of aliphatic hydroxyl groups is 1. The molecular weight excluding hydrogens is 415 g/mol. The van der Waals surface area contributed by atoms with E-state index in [1.807, 2.05) is 0 Å². The average molecular weight is 429 g/mol. The third kappa shape index (κ3) is 5.16. The number of allylic oxidation sites excluding steroid dienone is 1. The molecule has 0 aliphatic rings. The van der Waals surface area contributed by atoms with Gasteiger partial charge >= 0.3 is 5.97 Å². The van der Waals surface area contributed by atoms with Gasteiger partial charge in [-0.15, -0.1) is 0 Å². The minimum absolute atomic E-state index is 0.0585. The average Bonchev–Trinajstić information content (AvgIpc) is 2.69. The SMILES string of the molecule is O=C(Oc1ccc(C(=O)/C=C(\O)c2ccc(Cl)cc2)c(O)c1)c1ccc(Cl)cc1. The largest absolute Gasteiger partial charge is 0.507 e. The number of hydrogen-bond donors (Lipinski definition) is 2. The quantitative estimate of drug-likeness (QED) is 0.179. The maximum atomic E-state index is 12.4. The summed E-state index contributed by atoms with van der Waals surface area (Å²) in [4.78, 5) is 24.5. The zero-order valence-corrected chi connectivity index (χ0v) is 16.3. The number of aromatic hydroxyl groups is 1. The molecule has 2 N–H and O–H groups in total. The molecule has 0 fully saturated rings. The number of phenols is 1. The van der Waals surface area contributed by atoms with Crippen LogP contribution in [-0.4, -0.2) is 22.0 Å². The Morgan fingerprint density at radius 2 is 1.38 bits per heavy atom. The summed E-state index contributed by atoms with van der Waals surface area (Å²) in [5.41, 5.74) is 0.623. The van der Waals surface area contributed by atoms with Crippen molar-refractivity contribution in [2.75, 3.05) is 0 Å². The lowest BCUT2D eigenvalue weighted by Gasteiger charge is -2.07. The highest BCUT2D eigenvalue weighted by atomic mass is 35.5. The van der Waals surface area contributed by atoms with E-state index in [0.717, 1.165) is 12.1 Å². The minimum Gasteiger partial charge on any atom is -0.507 e. The third-order valence-electron chi connectivity index (χ3n) is 3.93. The highest BCUT2D eigenvalue weighted by Crippen LogP contribution is 2.26. The summed E-state index contributed by atoms with van der Waals surface area (Å²) in [5, 5.41) is 21.2. The van der Waals surface area contributed by atoms with Crippen molar-refractivity contribution in [3.8, 4) is 11.5 Å². The van der Waals surface area contributed by atoms with Crippen LogP contribution in [0.25, 0.3) is 5.76 Å². The monoisotopic (exact) mass is 428 g/mol. The van der Waals surface area contributed by atoms with Gasteiger partial charge in [0.2, 0.25) is 0 Å². The lowest BCUT2D eigenvalue weighted by atomic mass is 10.1. The molecule has 0 bridgehead atoms. The molecule has 0 heterocycles. The van der Waals surface area contributed by atoms with Crippen LogP contribution in [0.5, 0.6) is 11.5 Å². The standard InChI is InChI=1S/C22H14Cl2O5/c23-15-5-1-13(2-6-15)19(25)12-21(27)18-10-9-17(11-20(18)26)29-22(28)14-3-7-16(24)8-4-14/h1-12,25-26H/b19-12-. The van der Waals surface area contributed by atoms with Crippen molar-refractivity contribution in [2.45, 2.75) is 0 Å². The highest BCUT2D eigenvalue weighted by Gasteiger charge is 2.14. The third-order valence-corrected chi connectivity index (χ3v) is 4.44. The fourth-order valence-electron chi connectivity index (χ4n) is 2.44. The number of carbonyl (C=O) groups is 2. The molecule has 29 heavy (non-hydrogen) atoms. The van der Waals surface area contributed by atoms with Crippen molar-refractivity contribution in [2.24, 2.45) is 0 Å². The Kier molecular flexibility index (Phi) is 6.22. The maximum Gasteiger partial charge on any atom is 0.343 e. The van der Waals surface area contributed by atoms with Crippen molar-refractivity contribution in [1.82, 2.24) is 0 Å². The lowest BCUT2D eigenvalue weighted by molar-refractivity contribution is 0.0734. The minimum atomic E-state index is -0.638. The number of ether oxygens (including phenoxy) is 1. The first-order chi connectivity index (χ1) is 13.8. The Bertz CT molecular complexity index is 1090. The normalized spacial score (nSPS) is 11.2. The summed E-state index contributed by atoms with van der Waals surface area (Å²) >= 11 is 11.6. The number of hydrogen-bond acceptors (Lipinski definition) is 5. The molecule has 0 saturated heterocycles. The molecule has 0 saturated carbocycles. The van der Waals surface area contributed by atoms with Gasteiger partial charge < -0.3 is 14.9 Å². The fourth-order valence-corrected chi connectivity index (χ4v) is 2.69. The molecule has 146 valence electrons. The van der Waals surface area contributed by atoms with Gasteiger partial charge in [0.25, 0.3) is 0 Å². The van der Waals surface area contributed by atoms with Crippen LogP contribution >= 0.6 is 23.2 Å². The Morgan fingerprint density at radius 3 is 1.93 bits per heavy atom. The summed E-state index contributed by atoms with van der Waals surface area (Å²) < 4.78 is 5.19. The molecule has 7 heteroatoms. The van der Waals surface area contributed by atoms with E-state index in [-0.39, 0.29) is 22.6 Å². The van der Waals surface area contributed by atoms with Crippen LogP contribution in [0.2, 0.25) is 10.0 Å². The Balaban J connectivity index is 1.75. The van der Waals surface area contributed by atoms with E-state index < -0.39 is 17.5 Å². The van der Waals surface area contributed by atoms with Gasteiger partial charge in [-0.1, -0.05) is 23.2 Å². The van der Waals surface area contributed by atoms with E-state index in [9.17, 15) is 19.8 Å². The van der Waals surface area contributed by atoms with Gasteiger partial charge in [0.15, 0.2) is 5.78 Å². The lowest BCUT2D eigenvalue weighted by Crippen LogP contribution is -2.08. The van der Waals surface area contributed by atoms with Crippen LogP contribution in [0.3, 0.4) is 0 Å². The number of aliphatic hydroxyl groups excluding tert-OH is 1. The van der Waals surface area contributed by atoms with Gasteiger partial charge in [0, 0.05) is 27.8 Å². The molecule has 0 aliphatic carbocycles. The molecule has 3 aromatic rings. The zero-order chi connectivity index (χ0) is 21.0. The number of ketones is 1. The van der Waals surface area contributed by atoms with Crippen LogP contribution in [-0.2, 0) is 0 Å². The van der Waals surface area contributed by atoms with Crippen LogP contribution in [0.4, 0.5) is 0 Å². The zero-order valence-electron chi connectivity index (χ0n) is 14.8. The molecule has 0 unspecified atom stereocenters. The topological polar surface area (TPSA) is 83.8 Å². The van der Waals surface area contributed by atoms with Crippen LogP contribution in [0, 0.1) is 0 Å². The van der Waals surface area contributed by atoms with Crippen molar-refractivity contribution in [3.63, 3.8) is 0 Å². The van der Waals surface area contributed by atoms with Crippen LogP contribution in [0.15, 0.2) is 72.8 Å². The van der Waals surface area contributed by atoms with E-state index >= 15 is 0 Å². The Hall–Kier alpha value is -3.28. The fraction of sp³-hybridized carbons (Fsp3) is 0. The van der Waals surface area contributed by atoms with Crippen molar-refractivity contribution < 1.29 is 24.5 Å². The van der Waals surface area contributed by atoms with E-state index in [4.69, 9.17) is 27.9 Å². The molecule has 3 rings (SSSR count). The number of carbonyl (C=O) groups excluding carboxylic acids is 2. The van der Waals surface area contributed by atoms with Gasteiger partial charge in [0.1, 0.15) is 17.3 Å².